The lowest BCUT2D eigenvalue weighted by Crippen LogP contribution is -2.11. The monoisotopic (exact) mass is 549 g/mol. The van der Waals surface area contributed by atoms with Crippen LogP contribution in [-0.2, 0) is 0 Å². The minimum atomic E-state index is 0.638. The molecule has 2 aromatic rings. The third-order valence-corrected chi connectivity index (χ3v) is 9.65. The zero-order valence-corrected chi connectivity index (χ0v) is 28.0. The Bertz CT molecular complexity index is 892. The van der Waals surface area contributed by atoms with Crippen LogP contribution in [0.1, 0.15) is 211 Å². The molecule has 0 bridgehead atoms. The van der Waals surface area contributed by atoms with Gasteiger partial charge in [0.1, 0.15) is 0 Å². The lowest BCUT2D eigenvalue weighted by atomic mass is 9.76. The van der Waals surface area contributed by atoms with E-state index in [1.165, 1.54) is 140 Å². The van der Waals surface area contributed by atoms with Crippen LogP contribution in [0, 0.1) is 0 Å². The summed E-state index contributed by atoms with van der Waals surface area (Å²) in [5, 5.41) is 3.02. The zero-order chi connectivity index (χ0) is 29.0. The summed E-state index contributed by atoms with van der Waals surface area (Å²) >= 11 is 0. The fourth-order valence-corrected chi connectivity index (χ4v) is 7.04. The van der Waals surface area contributed by atoms with Crippen molar-refractivity contribution in [2.75, 3.05) is 0 Å². The van der Waals surface area contributed by atoms with Crippen molar-refractivity contribution in [3.05, 3.63) is 47.0 Å². The second-order valence-corrected chi connectivity index (χ2v) is 13.4. The Hall–Kier alpha value is -1.30. The molecular weight excluding hydrogens is 480 g/mol. The SMILES string of the molecule is CCCCCCCCC(C)c1cc2ccccc2c(C(C)CCCCCCCC)c1C(C)CCCCCCCC. The number of fused-ring (bicyclic) bond motifs is 1. The highest BCUT2D eigenvalue weighted by Crippen LogP contribution is 2.43. The predicted molar refractivity (Wildman–Crippen MR) is 183 cm³/mol. The first-order valence-corrected chi connectivity index (χ1v) is 18.1. The topological polar surface area (TPSA) is 0 Å². The fourth-order valence-electron chi connectivity index (χ4n) is 7.04. The zero-order valence-electron chi connectivity index (χ0n) is 28.0. The molecule has 3 atom stereocenters. The summed E-state index contributed by atoms with van der Waals surface area (Å²) in [6, 6.07) is 12.0. The number of rotatable bonds is 24. The van der Waals surface area contributed by atoms with E-state index in [2.05, 4.69) is 71.9 Å². The van der Waals surface area contributed by atoms with Crippen LogP contribution in [0.3, 0.4) is 0 Å². The summed E-state index contributed by atoms with van der Waals surface area (Å²) in [5.74, 6) is 1.94. The van der Waals surface area contributed by atoms with E-state index in [9.17, 15) is 0 Å². The Labute approximate surface area is 251 Å². The maximum Gasteiger partial charge on any atom is -0.0146 e. The smallest absolute Gasteiger partial charge is 0.0146 e. The molecule has 0 saturated heterocycles. The van der Waals surface area contributed by atoms with Crippen LogP contribution in [-0.4, -0.2) is 0 Å². The maximum atomic E-state index is 2.62. The number of hydrogen-bond donors (Lipinski definition) is 0. The van der Waals surface area contributed by atoms with Gasteiger partial charge in [-0.2, -0.15) is 0 Å². The fraction of sp³-hybridized carbons (Fsp3) is 0.750. The van der Waals surface area contributed by atoms with E-state index in [1.807, 2.05) is 0 Å². The summed E-state index contributed by atoms with van der Waals surface area (Å²) in [7, 11) is 0. The van der Waals surface area contributed by atoms with Crippen molar-refractivity contribution in [1.29, 1.82) is 0 Å². The molecule has 40 heavy (non-hydrogen) atoms. The molecule has 0 saturated carbocycles. The molecule has 0 heterocycles. The molecule has 0 heteroatoms. The van der Waals surface area contributed by atoms with Crippen LogP contribution in [0.5, 0.6) is 0 Å². The Morgan fingerprint density at radius 3 is 1.35 bits per heavy atom. The molecule has 3 unspecified atom stereocenters. The van der Waals surface area contributed by atoms with Gasteiger partial charge in [0.05, 0.1) is 0 Å². The molecule has 0 N–H and O–H groups in total. The van der Waals surface area contributed by atoms with Crippen LogP contribution < -0.4 is 0 Å². The van der Waals surface area contributed by atoms with Gasteiger partial charge in [0.2, 0.25) is 0 Å². The average molecular weight is 549 g/mol. The second kappa shape index (κ2) is 21.4. The molecule has 0 amide bonds. The average Bonchev–Trinajstić information content (AvgIpc) is 2.97. The van der Waals surface area contributed by atoms with Crippen LogP contribution >= 0.6 is 0 Å². The molecule has 228 valence electrons. The Morgan fingerprint density at radius 1 is 0.450 bits per heavy atom. The quantitative estimate of drug-likeness (QED) is 0.114. The summed E-state index contributed by atoms with van der Waals surface area (Å²) in [6.07, 6.45) is 29.1. The van der Waals surface area contributed by atoms with Crippen LogP contribution in [0.2, 0.25) is 0 Å². The van der Waals surface area contributed by atoms with Gasteiger partial charge >= 0.3 is 0 Å². The summed E-state index contributed by atoms with van der Waals surface area (Å²) in [4.78, 5) is 0. The largest absolute Gasteiger partial charge is 0.0654 e. The van der Waals surface area contributed by atoms with Crippen molar-refractivity contribution in [2.45, 2.75) is 194 Å². The van der Waals surface area contributed by atoms with Crippen molar-refractivity contribution in [2.24, 2.45) is 0 Å². The number of unbranched alkanes of at least 4 members (excludes halogenated alkanes) is 15. The van der Waals surface area contributed by atoms with Gasteiger partial charge in [-0.1, -0.05) is 187 Å². The van der Waals surface area contributed by atoms with Crippen LogP contribution in [0.25, 0.3) is 10.8 Å². The standard InChI is InChI=1S/C40H68/c1-7-10-13-16-19-22-27-33(4)38-32-36-30-25-26-31-37(36)39(34(5)28-23-20-17-14-11-8-2)40(38)35(6)29-24-21-18-15-12-9-3/h25-26,30-35H,7-24,27-29H2,1-6H3. The van der Waals surface area contributed by atoms with Crippen LogP contribution in [0.15, 0.2) is 30.3 Å². The van der Waals surface area contributed by atoms with Crippen molar-refractivity contribution >= 4 is 10.8 Å². The molecule has 0 fully saturated rings. The summed E-state index contributed by atoms with van der Waals surface area (Å²) < 4.78 is 0. The van der Waals surface area contributed by atoms with E-state index in [-0.39, 0.29) is 0 Å². The Morgan fingerprint density at radius 2 is 0.850 bits per heavy atom. The van der Waals surface area contributed by atoms with Gasteiger partial charge in [-0.15, -0.1) is 0 Å². The van der Waals surface area contributed by atoms with E-state index in [0.717, 1.165) is 0 Å². The van der Waals surface area contributed by atoms with Gasteiger partial charge in [-0.05, 0) is 64.5 Å². The highest BCUT2D eigenvalue weighted by molar-refractivity contribution is 5.88. The van der Waals surface area contributed by atoms with Gasteiger partial charge in [0.25, 0.3) is 0 Å². The summed E-state index contributed by atoms with van der Waals surface area (Å²) in [5.41, 5.74) is 5.16. The van der Waals surface area contributed by atoms with Gasteiger partial charge in [0, 0.05) is 0 Å². The molecule has 0 nitrogen and oxygen atoms in total. The molecule has 0 spiro atoms. The van der Waals surface area contributed by atoms with Gasteiger partial charge in [-0.25, -0.2) is 0 Å². The van der Waals surface area contributed by atoms with Crippen molar-refractivity contribution < 1.29 is 0 Å². The van der Waals surface area contributed by atoms with Crippen LogP contribution in [0.4, 0.5) is 0 Å². The van der Waals surface area contributed by atoms with E-state index in [4.69, 9.17) is 0 Å². The number of benzene rings is 2. The highest BCUT2D eigenvalue weighted by Gasteiger charge is 2.24. The molecule has 2 aromatic carbocycles. The third-order valence-electron chi connectivity index (χ3n) is 9.65. The lowest BCUT2D eigenvalue weighted by Gasteiger charge is -2.29. The van der Waals surface area contributed by atoms with E-state index in [0.29, 0.717) is 17.8 Å². The first-order chi connectivity index (χ1) is 19.5. The summed E-state index contributed by atoms with van der Waals surface area (Å²) in [6.45, 7) is 14.6. The maximum absolute atomic E-state index is 2.62. The molecular formula is C40H68. The van der Waals surface area contributed by atoms with E-state index < -0.39 is 0 Å². The number of hydrogen-bond acceptors (Lipinski definition) is 0. The van der Waals surface area contributed by atoms with E-state index in [1.54, 1.807) is 22.1 Å². The van der Waals surface area contributed by atoms with E-state index >= 15 is 0 Å². The van der Waals surface area contributed by atoms with Gasteiger partial charge in [0.15, 0.2) is 0 Å². The normalized spacial score (nSPS) is 14.1. The van der Waals surface area contributed by atoms with Crippen molar-refractivity contribution in [1.82, 2.24) is 0 Å². The highest BCUT2D eigenvalue weighted by atomic mass is 14.3. The minimum Gasteiger partial charge on any atom is -0.0654 e. The lowest BCUT2D eigenvalue weighted by molar-refractivity contribution is 0.528. The first-order valence-electron chi connectivity index (χ1n) is 18.1. The minimum absolute atomic E-state index is 0.638. The van der Waals surface area contributed by atoms with Crippen molar-refractivity contribution in [3.8, 4) is 0 Å². The van der Waals surface area contributed by atoms with Gasteiger partial charge in [-0.3, -0.25) is 0 Å². The predicted octanol–water partition coefficient (Wildman–Crippen LogP) is 14.4. The first kappa shape index (κ1) is 34.9. The Balaban J connectivity index is 2.29. The second-order valence-electron chi connectivity index (χ2n) is 13.4. The van der Waals surface area contributed by atoms with Crippen molar-refractivity contribution in [3.63, 3.8) is 0 Å². The molecule has 0 aliphatic heterocycles. The molecule has 0 aromatic heterocycles. The molecule has 0 aliphatic carbocycles. The Kier molecular flexibility index (Phi) is 18.7. The molecule has 0 aliphatic rings. The molecule has 2 rings (SSSR count). The molecule has 0 radical (unpaired) electrons. The third kappa shape index (κ3) is 12.3. The van der Waals surface area contributed by atoms with Gasteiger partial charge < -0.3 is 0 Å².